The van der Waals surface area contributed by atoms with E-state index in [2.05, 4.69) is 10.5 Å². The summed E-state index contributed by atoms with van der Waals surface area (Å²) < 4.78 is 36.1. The largest absolute Gasteiger partial charge is 0.493 e. The van der Waals surface area contributed by atoms with Gasteiger partial charge in [0.1, 0.15) is 0 Å². The first-order chi connectivity index (χ1) is 11.1. The summed E-state index contributed by atoms with van der Waals surface area (Å²) in [5.74, 6) is -1.51. The van der Waals surface area contributed by atoms with Crippen molar-refractivity contribution in [3.63, 3.8) is 0 Å². The molecule has 0 fully saturated rings. The van der Waals surface area contributed by atoms with Crippen LogP contribution in [-0.2, 0) is 4.79 Å². The number of para-hydroxylation sites is 2. The number of halogens is 2. The molecule has 0 saturated carbocycles. The van der Waals surface area contributed by atoms with Gasteiger partial charge in [-0.15, -0.1) is 0 Å². The van der Waals surface area contributed by atoms with E-state index in [9.17, 15) is 13.6 Å². The van der Waals surface area contributed by atoms with E-state index < -0.39 is 17.5 Å². The Morgan fingerprint density at radius 1 is 1.17 bits per heavy atom. The number of hydrogen-bond donors (Lipinski definition) is 1. The van der Waals surface area contributed by atoms with Gasteiger partial charge in [0, 0.05) is 0 Å². The second-order valence-electron chi connectivity index (χ2n) is 4.41. The highest BCUT2D eigenvalue weighted by molar-refractivity contribution is 5.82. The average Bonchev–Trinajstić information content (AvgIpc) is 2.56. The Kier molecular flexibility index (Phi) is 5.62. The Morgan fingerprint density at radius 2 is 1.91 bits per heavy atom. The van der Waals surface area contributed by atoms with Crippen molar-refractivity contribution in [3.8, 4) is 11.5 Å². The summed E-state index contributed by atoms with van der Waals surface area (Å²) in [5.41, 5.74) is 2.54. The van der Waals surface area contributed by atoms with E-state index in [1.165, 1.54) is 19.4 Å². The molecule has 0 spiro atoms. The minimum atomic E-state index is -0.986. The number of methoxy groups -OCH3 is 1. The fraction of sp³-hybridized carbons (Fsp3) is 0.125. The van der Waals surface area contributed by atoms with E-state index in [4.69, 9.17) is 9.47 Å². The summed E-state index contributed by atoms with van der Waals surface area (Å²) in [6.45, 7) is -0.268. The Balaban J connectivity index is 1.85. The fourth-order valence-electron chi connectivity index (χ4n) is 1.69. The first kappa shape index (κ1) is 16.4. The van der Waals surface area contributed by atoms with E-state index in [-0.39, 0.29) is 6.61 Å². The number of benzene rings is 2. The van der Waals surface area contributed by atoms with Crippen molar-refractivity contribution < 1.29 is 23.0 Å². The molecule has 7 heteroatoms. The SMILES string of the molecule is COc1ccccc1OCC(=O)N/N=C\c1ccc(F)c(F)c1. The van der Waals surface area contributed by atoms with Crippen LogP contribution in [-0.4, -0.2) is 25.8 Å². The molecule has 23 heavy (non-hydrogen) atoms. The van der Waals surface area contributed by atoms with E-state index >= 15 is 0 Å². The first-order valence-electron chi connectivity index (χ1n) is 6.63. The van der Waals surface area contributed by atoms with Gasteiger partial charge in [-0.25, -0.2) is 14.2 Å². The molecular weight excluding hydrogens is 306 g/mol. The van der Waals surface area contributed by atoms with Crippen molar-refractivity contribution in [2.45, 2.75) is 0 Å². The maximum Gasteiger partial charge on any atom is 0.277 e. The van der Waals surface area contributed by atoms with Crippen molar-refractivity contribution in [2.24, 2.45) is 5.10 Å². The van der Waals surface area contributed by atoms with Gasteiger partial charge in [0.2, 0.25) is 0 Å². The first-order valence-corrected chi connectivity index (χ1v) is 6.63. The molecule has 0 atom stereocenters. The Morgan fingerprint density at radius 3 is 2.61 bits per heavy atom. The van der Waals surface area contributed by atoms with Crippen molar-refractivity contribution in [1.82, 2.24) is 5.43 Å². The standard InChI is InChI=1S/C16H14F2N2O3/c1-22-14-4-2-3-5-15(14)23-10-16(21)20-19-9-11-6-7-12(17)13(18)8-11/h2-9H,10H2,1H3,(H,20,21)/b19-9-. The van der Waals surface area contributed by atoms with Crippen LogP contribution in [0.5, 0.6) is 11.5 Å². The van der Waals surface area contributed by atoms with Gasteiger partial charge in [0.05, 0.1) is 13.3 Å². The maximum atomic E-state index is 13.0. The zero-order chi connectivity index (χ0) is 16.7. The molecule has 0 aliphatic heterocycles. The lowest BCUT2D eigenvalue weighted by Gasteiger charge is -2.09. The second-order valence-corrected chi connectivity index (χ2v) is 4.41. The van der Waals surface area contributed by atoms with Crippen LogP contribution in [0.25, 0.3) is 0 Å². The highest BCUT2D eigenvalue weighted by Crippen LogP contribution is 2.25. The average molecular weight is 320 g/mol. The number of carbonyl (C=O) groups is 1. The minimum Gasteiger partial charge on any atom is -0.493 e. The van der Waals surface area contributed by atoms with Gasteiger partial charge in [0.15, 0.2) is 29.7 Å². The number of nitrogens with zero attached hydrogens (tertiary/aromatic N) is 1. The topological polar surface area (TPSA) is 59.9 Å². The van der Waals surface area contributed by atoms with Gasteiger partial charge in [-0.05, 0) is 29.8 Å². The summed E-state index contributed by atoms with van der Waals surface area (Å²) in [4.78, 5) is 11.6. The smallest absolute Gasteiger partial charge is 0.277 e. The summed E-state index contributed by atoms with van der Waals surface area (Å²) in [7, 11) is 1.49. The van der Waals surface area contributed by atoms with Crippen molar-refractivity contribution in [2.75, 3.05) is 13.7 Å². The molecule has 0 heterocycles. The van der Waals surface area contributed by atoms with Gasteiger partial charge in [0.25, 0.3) is 5.91 Å². The van der Waals surface area contributed by atoms with Crippen LogP contribution < -0.4 is 14.9 Å². The molecule has 5 nitrogen and oxygen atoms in total. The highest BCUT2D eigenvalue weighted by Gasteiger charge is 2.06. The summed E-state index contributed by atoms with van der Waals surface area (Å²) in [6.07, 6.45) is 1.20. The number of hydrogen-bond acceptors (Lipinski definition) is 4. The molecule has 2 rings (SSSR count). The van der Waals surface area contributed by atoms with Gasteiger partial charge in [-0.1, -0.05) is 18.2 Å². The van der Waals surface area contributed by atoms with Crippen LogP contribution in [0, 0.1) is 11.6 Å². The number of ether oxygens (including phenoxy) is 2. The summed E-state index contributed by atoms with van der Waals surface area (Å²) >= 11 is 0. The lowest BCUT2D eigenvalue weighted by Crippen LogP contribution is -2.24. The van der Waals surface area contributed by atoms with Crippen molar-refractivity contribution in [3.05, 3.63) is 59.7 Å². The van der Waals surface area contributed by atoms with Gasteiger partial charge in [-0.2, -0.15) is 5.10 Å². The molecule has 0 unspecified atom stereocenters. The molecule has 0 aromatic heterocycles. The molecule has 1 amide bonds. The Labute approximate surface area is 131 Å². The van der Waals surface area contributed by atoms with Gasteiger partial charge in [-0.3, -0.25) is 4.79 Å². The third-order valence-corrected chi connectivity index (χ3v) is 2.77. The summed E-state index contributed by atoms with van der Waals surface area (Å²) in [6, 6.07) is 10.2. The second kappa shape index (κ2) is 7.88. The normalized spacial score (nSPS) is 10.6. The molecule has 0 bridgehead atoms. The number of nitrogens with one attached hydrogen (secondary N) is 1. The number of carbonyl (C=O) groups excluding carboxylic acids is 1. The van der Waals surface area contributed by atoms with Crippen LogP contribution in [0.1, 0.15) is 5.56 Å². The predicted octanol–water partition coefficient (Wildman–Crippen LogP) is 2.50. The highest BCUT2D eigenvalue weighted by atomic mass is 19.2. The van der Waals surface area contributed by atoms with Gasteiger partial charge < -0.3 is 9.47 Å². The molecule has 0 saturated heterocycles. The fourth-order valence-corrected chi connectivity index (χ4v) is 1.69. The van der Waals surface area contributed by atoms with Crippen LogP contribution in [0.2, 0.25) is 0 Å². The quantitative estimate of drug-likeness (QED) is 0.657. The zero-order valence-electron chi connectivity index (χ0n) is 12.3. The van der Waals surface area contributed by atoms with Crippen LogP contribution in [0.3, 0.4) is 0 Å². The van der Waals surface area contributed by atoms with E-state index in [1.54, 1.807) is 24.3 Å². The number of amides is 1. The number of hydrazone groups is 1. The molecule has 0 aliphatic rings. The van der Waals surface area contributed by atoms with Gasteiger partial charge >= 0.3 is 0 Å². The van der Waals surface area contributed by atoms with Crippen LogP contribution in [0.15, 0.2) is 47.6 Å². The molecular formula is C16H14F2N2O3. The maximum absolute atomic E-state index is 13.0. The van der Waals surface area contributed by atoms with Crippen LogP contribution >= 0.6 is 0 Å². The molecule has 2 aromatic rings. The molecule has 0 aliphatic carbocycles. The molecule has 1 N–H and O–H groups in total. The van der Waals surface area contributed by atoms with Crippen molar-refractivity contribution >= 4 is 12.1 Å². The number of rotatable bonds is 6. The Hall–Kier alpha value is -2.96. The third-order valence-electron chi connectivity index (χ3n) is 2.77. The van der Waals surface area contributed by atoms with E-state index in [0.717, 1.165) is 12.1 Å². The molecule has 0 radical (unpaired) electrons. The molecule has 120 valence electrons. The van der Waals surface area contributed by atoms with E-state index in [0.29, 0.717) is 17.1 Å². The third kappa shape index (κ3) is 4.77. The van der Waals surface area contributed by atoms with E-state index in [1.807, 2.05) is 0 Å². The van der Waals surface area contributed by atoms with Crippen molar-refractivity contribution in [1.29, 1.82) is 0 Å². The zero-order valence-corrected chi connectivity index (χ0v) is 12.3. The lowest BCUT2D eigenvalue weighted by molar-refractivity contribution is -0.123. The predicted molar refractivity (Wildman–Crippen MR) is 80.6 cm³/mol. The summed E-state index contributed by atoms with van der Waals surface area (Å²) in [5, 5.41) is 3.64. The van der Waals surface area contributed by atoms with Crippen LogP contribution in [0.4, 0.5) is 8.78 Å². The Bertz CT molecular complexity index is 720. The molecule has 2 aromatic carbocycles. The lowest BCUT2D eigenvalue weighted by atomic mass is 10.2. The minimum absolute atomic E-state index is 0.268. The monoisotopic (exact) mass is 320 g/mol.